The van der Waals surface area contributed by atoms with Gasteiger partial charge in [-0.3, -0.25) is 0 Å². The Labute approximate surface area is 131 Å². The number of benzene rings is 1. The lowest BCUT2D eigenvalue weighted by Crippen LogP contribution is -2.40. The van der Waals surface area contributed by atoms with Crippen molar-refractivity contribution in [3.8, 4) is 0 Å². The van der Waals surface area contributed by atoms with Crippen LogP contribution in [-0.2, 0) is 19.9 Å². The van der Waals surface area contributed by atoms with Crippen molar-refractivity contribution < 1.29 is 16.8 Å². The molecule has 1 aromatic rings. The van der Waals surface area contributed by atoms with Crippen molar-refractivity contribution in [2.45, 2.75) is 23.8 Å². The van der Waals surface area contributed by atoms with Crippen molar-refractivity contribution in [2.75, 3.05) is 11.5 Å². The number of hydrogen-bond donors (Lipinski definition) is 1. The number of sulfone groups is 1. The molecular weight excluding hydrogens is 390 g/mol. The molecule has 112 valence electrons. The lowest BCUT2D eigenvalue weighted by molar-refractivity contribution is 0.505. The molecule has 0 amide bonds. The average Bonchev–Trinajstić information content (AvgIpc) is 2.35. The van der Waals surface area contributed by atoms with Gasteiger partial charge in [-0.2, -0.15) is 0 Å². The molecule has 9 heteroatoms. The third-order valence-electron chi connectivity index (χ3n) is 3.08. The van der Waals surface area contributed by atoms with Gasteiger partial charge < -0.3 is 0 Å². The first kappa shape index (κ1) is 16.2. The average molecular weight is 403 g/mol. The Morgan fingerprint density at radius 2 is 1.85 bits per heavy atom. The third-order valence-corrected chi connectivity index (χ3v) is 7.54. The molecule has 0 atom stereocenters. The van der Waals surface area contributed by atoms with Gasteiger partial charge in [0.2, 0.25) is 10.0 Å². The molecule has 5 nitrogen and oxygen atoms in total. The van der Waals surface area contributed by atoms with E-state index in [1.54, 1.807) is 6.07 Å². The van der Waals surface area contributed by atoms with E-state index in [2.05, 4.69) is 20.7 Å². The molecule has 0 radical (unpaired) electrons. The van der Waals surface area contributed by atoms with Gasteiger partial charge in [-0.05, 0) is 47.0 Å². The fourth-order valence-electron chi connectivity index (χ4n) is 1.94. The van der Waals surface area contributed by atoms with Gasteiger partial charge >= 0.3 is 0 Å². The molecule has 2 rings (SSSR count). The van der Waals surface area contributed by atoms with Crippen molar-refractivity contribution in [3.63, 3.8) is 0 Å². The zero-order chi connectivity index (χ0) is 15.0. The normalized spacial score (nSPS) is 19.9. The molecule has 0 aliphatic carbocycles. The van der Waals surface area contributed by atoms with Crippen LogP contribution in [0.25, 0.3) is 0 Å². The highest BCUT2D eigenvalue weighted by atomic mass is 79.9. The van der Waals surface area contributed by atoms with Gasteiger partial charge in [0, 0.05) is 10.5 Å². The summed E-state index contributed by atoms with van der Waals surface area (Å²) in [5.74, 6) is 0.0303. The van der Waals surface area contributed by atoms with Crippen LogP contribution in [0.3, 0.4) is 0 Å². The maximum atomic E-state index is 12.2. The van der Waals surface area contributed by atoms with Crippen LogP contribution in [0, 0.1) is 0 Å². The first-order chi connectivity index (χ1) is 9.20. The van der Waals surface area contributed by atoms with E-state index in [-0.39, 0.29) is 22.4 Å². The lowest BCUT2D eigenvalue weighted by Gasteiger charge is -2.22. The highest BCUT2D eigenvalue weighted by molar-refractivity contribution is 9.10. The van der Waals surface area contributed by atoms with Crippen LogP contribution in [-0.4, -0.2) is 34.4 Å². The van der Waals surface area contributed by atoms with Crippen LogP contribution in [0.2, 0.25) is 5.02 Å². The van der Waals surface area contributed by atoms with Gasteiger partial charge in [-0.25, -0.2) is 21.6 Å². The number of rotatable bonds is 3. The van der Waals surface area contributed by atoms with Gasteiger partial charge in [-0.1, -0.05) is 11.6 Å². The topological polar surface area (TPSA) is 80.3 Å². The molecule has 1 fully saturated rings. The number of hydrogen-bond acceptors (Lipinski definition) is 4. The molecule has 0 aromatic heterocycles. The third kappa shape index (κ3) is 3.94. The van der Waals surface area contributed by atoms with Crippen molar-refractivity contribution in [1.82, 2.24) is 4.72 Å². The summed E-state index contributed by atoms with van der Waals surface area (Å²) in [7, 11) is -6.70. The molecule has 1 aliphatic rings. The molecule has 1 N–H and O–H groups in total. The van der Waals surface area contributed by atoms with Gasteiger partial charge in [0.05, 0.1) is 21.4 Å². The van der Waals surface area contributed by atoms with E-state index in [1.807, 2.05) is 0 Å². The van der Waals surface area contributed by atoms with Crippen LogP contribution < -0.4 is 4.72 Å². The van der Waals surface area contributed by atoms with Gasteiger partial charge in [0.25, 0.3) is 0 Å². The van der Waals surface area contributed by atoms with E-state index < -0.39 is 19.9 Å². The van der Waals surface area contributed by atoms with Crippen LogP contribution in [0.5, 0.6) is 0 Å². The molecule has 1 saturated heterocycles. The summed E-state index contributed by atoms with van der Waals surface area (Å²) in [5.41, 5.74) is 0. The van der Waals surface area contributed by atoms with Crippen molar-refractivity contribution >= 4 is 47.4 Å². The highest BCUT2D eigenvalue weighted by Crippen LogP contribution is 2.25. The summed E-state index contributed by atoms with van der Waals surface area (Å²) >= 11 is 9.07. The predicted octanol–water partition coefficient (Wildman–Crippen LogP) is 1.96. The van der Waals surface area contributed by atoms with E-state index in [0.29, 0.717) is 22.3 Å². The number of halogens is 2. The number of sulfonamides is 1. The van der Waals surface area contributed by atoms with Gasteiger partial charge in [0.1, 0.15) is 9.84 Å². The van der Waals surface area contributed by atoms with Gasteiger partial charge in [-0.15, -0.1) is 0 Å². The van der Waals surface area contributed by atoms with Gasteiger partial charge in [0.15, 0.2) is 0 Å². The van der Waals surface area contributed by atoms with Crippen LogP contribution >= 0.6 is 27.5 Å². The quantitative estimate of drug-likeness (QED) is 0.838. The first-order valence-corrected chi connectivity index (χ1v) is 10.3. The van der Waals surface area contributed by atoms with Crippen molar-refractivity contribution in [3.05, 3.63) is 27.7 Å². The second-order valence-corrected chi connectivity index (χ2v) is 9.90. The first-order valence-electron chi connectivity index (χ1n) is 5.87. The van der Waals surface area contributed by atoms with E-state index >= 15 is 0 Å². The van der Waals surface area contributed by atoms with Crippen molar-refractivity contribution in [2.24, 2.45) is 0 Å². The highest BCUT2D eigenvalue weighted by Gasteiger charge is 2.27. The molecular formula is C11H13BrClNO4S2. The Morgan fingerprint density at radius 1 is 1.25 bits per heavy atom. The molecule has 1 aromatic carbocycles. The Balaban J connectivity index is 2.13. The smallest absolute Gasteiger partial charge is 0.229 e. The van der Waals surface area contributed by atoms with Crippen LogP contribution in [0.1, 0.15) is 12.8 Å². The summed E-state index contributed by atoms with van der Waals surface area (Å²) < 4.78 is 50.2. The Morgan fingerprint density at radius 3 is 2.40 bits per heavy atom. The van der Waals surface area contributed by atoms with E-state index in [0.717, 1.165) is 0 Å². The Bertz CT molecular complexity index is 704. The lowest BCUT2D eigenvalue weighted by atomic mass is 10.2. The molecule has 1 heterocycles. The molecule has 20 heavy (non-hydrogen) atoms. The van der Waals surface area contributed by atoms with E-state index in [9.17, 15) is 16.8 Å². The minimum absolute atomic E-state index is 0.0152. The summed E-state index contributed by atoms with van der Waals surface area (Å²) in [6.45, 7) is 0. The fraction of sp³-hybridized carbons (Fsp3) is 0.455. The SMILES string of the molecule is O=S1(=O)CCC(NS(=O)(=O)c2ccc(Br)c(Cl)c2)CC1. The maximum absolute atomic E-state index is 12.2. The van der Waals surface area contributed by atoms with E-state index in [1.165, 1.54) is 12.1 Å². The standard InChI is InChI=1S/C11H13BrClNO4S2/c12-10-2-1-9(7-11(10)13)20(17,18)14-8-3-5-19(15,16)6-4-8/h1-2,7-8,14H,3-6H2. The molecule has 1 aliphatic heterocycles. The minimum Gasteiger partial charge on any atom is -0.229 e. The summed E-state index contributed by atoms with van der Waals surface area (Å²) in [6, 6.07) is 4.00. The van der Waals surface area contributed by atoms with E-state index in [4.69, 9.17) is 11.6 Å². The summed E-state index contributed by atoms with van der Waals surface area (Å²) in [6.07, 6.45) is 0.595. The zero-order valence-electron chi connectivity index (χ0n) is 10.3. The zero-order valence-corrected chi connectivity index (χ0v) is 14.3. The number of nitrogens with one attached hydrogen (secondary N) is 1. The molecule has 0 spiro atoms. The summed E-state index contributed by atoms with van der Waals surface area (Å²) in [4.78, 5) is 0.0686. The summed E-state index contributed by atoms with van der Waals surface area (Å²) in [5, 5.41) is 0.305. The maximum Gasteiger partial charge on any atom is 0.240 e. The minimum atomic E-state index is -3.69. The molecule has 0 saturated carbocycles. The Kier molecular flexibility index (Phi) is 4.80. The Hall–Kier alpha value is -0.150. The molecule has 0 unspecified atom stereocenters. The second kappa shape index (κ2) is 5.92. The van der Waals surface area contributed by atoms with Crippen LogP contribution in [0.15, 0.2) is 27.6 Å². The second-order valence-electron chi connectivity index (χ2n) is 4.62. The fourth-order valence-corrected chi connectivity index (χ4v) is 5.25. The predicted molar refractivity (Wildman–Crippen MR) is 81.1 cm³/mol. The van der Waals surface area contributed by atoms with Crippen LogP contribution in [0.4, 0.5) is 0 Å². The molecule has 0 bridgehead atoms. The van der Waals surface area contributed by atoms with Crippen molar-refractivity contribution in [1.29, 1.82) is 0 Å². The monoisotopic (exact) mass is 401 g/mol. The largest absolute Gasteiger partial charge is 0.240 e.